The minimum Gasteiger partial charge on any atom is -0.478 e. The number of carboxylic acid groups (broad SMARTS) is 1. The van der Waals surface area contributed by atoms with Crippen molar-refractivity contribution >= 4 is 28.3 Å². The fraction of sp³-hybridized carbons (Fsp3) is 0.185. The molecule has 0 radical (unpaired) electrons. The highest BCUT2D eigenvalue weighted by atomic mass is 16.4. The molecule has 0 atom stereocenters. The second-order valence-corrected chi connectivity index (χ2v) is 8.17. The molecule has 3 N–H and O–H groups in total. The van der Waals surface area contributed by atoms with Gasteiger partial charge in [-0.05, 0) is 65.6 Å². The number of nitrogens with one attached hydrogen (secondary N) is 2. The Morgan fingerprint density at radius 2 is 1.78 bits per heavy atom. The predicted molar refractivity (Wildman–Crippen MR) is 129 cm³/mol. The van der Waals surface area contributed by atoms with E-state index in [9.17, 15) is 9.90 Å². The van der Waals surface area contributed by atoms with Crippen LogP contribution in [0, 0.1) is 0 Å². The number of carbonyl (C=O) groups is 1. The maximum atomic E-state index is 11.5. The Morgan fingerprint density at radius 3 is 2.56 bits per heavy atom. The Balaban J connectivity index is 1.46. The largest absolute Gasteiger partial charge is 0.478 e. The fourth-order valence-corrected chi connectivity index (χ4v) is 4.47. The van der Waals surface area contributed by atoms with Gasteiger partial charge < -0.3 is 10.4 Å². The number of allylic oxidation sites excluding steroid dienone is 2. The number of aromatic nitrogens is 2. The van der Waals surface area contributed by atoms with Crippen LogP contribution in [0.1, 0.15) is 47.2 Å². The SMILES string of the molecule is O=C(O)c1ccccc1CNc1n[nH]c2cccc(-c3ccc(C4=CCCCC4)cc3)c12. The Labute approximate surface area is 186 Å². The molecule has 5 heteroatoms. The van der Waals surface area contributed by atoms with Gasteiger partial charge in [-0.1, -0.05) is 60.7 Å². The Hall–Kier alpha value is -3.86. The van der Waals surface area contributed by atoms with E-state index in [1.807, 2.05) is 24.3 Å². The van der Waals surface area contributed by atoms with Gasteiger partial charge in [0, 0.05) is 6.54 Å². The molecule has 1 aliphatic rings. The summed E-state index contributed by atoms with van der Waals surface area (Å²) < 4.78 is 0. The van der Waals surface area contributed by atoms with Crippen LogP contribution in [0.15, 0.2) is 72.8 Å². The number of hydrogen-bond acceptors (Lipinski definition) is 3. The second-order valence-electron chi connectivity index (χ2n) is 8.17. The molecule has 0 spiro atoms. The third-order valence-corrected chi connectivity index (χ3v) is 6.14. The van der Waals surface area contributed by atoms with E-state index in [0.29, 0.717) is 12.1 Å². The molecule has 1 heterocycles. The van der Waals surface area contributed by atoms with Gasteiger partial charge >= 0.3 is 5.97 Å². The summed E-state index contributed by atoms with van der Waals surface area (Å²) in [6.45, 7) is 0.379. The first-order chi connectivity index (χ1) is 15.7. The number of nitrogens with zero attached hydrogens (tertiary/aromatic N) is 1. The average molecular weight is 424 g/mol. The van der Waals surface area contributed by atoms with Crippen LogP contribution in [-0.2, 0) is 6.54 Å². The van der Waals surface area contributed by atoms with Gasteiger partial charge in [-0.3, -0.25) is 5.10 Å². The molecule has 1 aliphatic carbocycles. The van der Waals surface area contributed by atoms with Crippen molar-refractivity contribution in [1.82, 2.24) is 10.2 Å². The van der Waals surface area contributed by atoms with E-state index < -0.39 is 5.97 Å². The zero-order chi connectivity index (χ0) is 21.9. The molecule has 5 nitrogen and oxygen atoms in total. The zero-order valence-corrected chi connectivity index (χ0v) is 17.8. The summed E-state index contributed by atoms with van der Waals surface area (Å²) >= 11 is 0. The van der Waals surface area contributed by atoms with E-state index >= 15 is 0 Å². The average Bonchev–Trinajstić information content (AvgIpc) is 3.27. The van der Waals surface area contributed by atoms with Gasteiger partial charge in [0.25, 0.3) is 0 Å². The summed E-state index contributed by atoms with van der Waals surface area (Å²) in [5.41, 5.74) is 6.93. The number of carboxylic acids is 1. The van der Waals surface area contributed by atoms with Gasteiger partial charge in [0.05, 0.1) is 16.5 Å². The fourth-order valence-electron chi connectivity index (χ4n) is 4.47. The smallest absolute Gasteiger partial charge is 0.336 e. The molecule has 0 fully saturated rings. The summed E-state index contributed by atoms with van der Waals surface area (Å²) in [5, 5.41) is 21.4. The van der Waals surface area contributed by atoms with Crippen LogP contribution in [0.4, 0.5) is 5.82 Å². The van der Waals surface area contributed by atoms with E-state index in [1.54, 1.807) is 12.1 Å². The Kier molecular flexibility index (Phi) is 5.46. The molecule has 4 aromatic rings. The van der Waals surface area contributed by atoms with Gasteiger partial charge in [0.1, 0.15) is 0 Å². The minimum absolute atomic E-state index is 0.299. The molecule has 0 bridgehead atoms. The quantitative estimate of drug-likeness (QED) is 0.331. The molecule has 0 amide bonds. The lowest BCUT2D eigenvalue weighted by Crippen LogP contribution is -2.07. The van der Waals surface area contributed by atoms with E-state index in [2.05, 4.69) is 51.9 Å². The zero-order valence-electron chi connectivity index (χ0n) is 17.8. The van der Waals surface area contributed by atoms with E-state index in [0.717, 1.165) is 39.8 Å². The van der Waals surface area contributed by atoms with Crippen molar-refractivity contribution in [2.75, 3.05) is 5.32 Å². The first kappa shape index (κ1) is 20.1. The molecule has 0 unspecified atom stereocenters. The molecule has 0 saturated heterocycles. The van der Waals surface area contributed by atoms with Crippen molar-refractivity contribution < 1.29 is 9.90 Å². The maximum absolute atomic E-state index is 11.5. The highest BCUT2D eigenvalue weighted by Crippen LogP contribution is 2.34. The number of rotatable bonds is 6. The predicted octanol–water partition coefficient (Wildman–Crippen LogP) is 6.50. The van der Waals surface area contributed by atoms with Crippen LogP contribution < -0.4 is 5.32 Å². The number of anilines is 1. The molecular formula is C27H25N3O2. The number of aromatic amines is 1. The topological polar surface area (TPSA) is 78.0 Å². The summed E-state index contributed by atoms with van der Waals surface area (Å²) in [4.78, 5) is 11.5. The highest BCUT2D eigenvalue weighted by molar-refractivity contribution is 6.02. The number of hydrogen-bond donors (Lipinski definition) is 3. The van der Waals surface area contributed by atoms with E-state index in [4.69, 9.17) is 0 Å². The van der Waals surface area contributed by atoms with Crippen molar-refractivity contribution in [2.24, 2.45) is 0 Å². The maximum Gasteiger partial charge on any atom is 0.336 e. The number of benzene rings is 3. The summed E-state index contributed by atoms with van der Waals surface area (Å²) in [6, 6.07) is 21.9. The number of H-pyrrole nitrogens is 1. The molecule has 1 aromatic heterocycles. The molecule has 3 aromatic carbocycles. The molecular weight excluding hydrogens is 398 g/mol. The Bertz CT molecular complexity index is 1300. The van der Waals surface area contributed by atoms with Crippen LogP contribution in [-0.4, -0.2) is 21.3 Å². The molecule has 5 rings (SSSR count). The summed E-state index contributed by atoms with van der Waals surface area (Å²) in [7, 11) is 0. The normalized spacial score (nSPS) is 13.7. The summed E-state index contributed by atoms with van der Waals surface area (Å²) in [5.74, 6) is -0.210. The number of fused-ring (bicyclic) bond motifs is 1. The van der Waals surface area contributed by atoms with Gasteiger partial charge in [-0.15, -0.1) is 0 Å². The van der Waals surface area contributed by atoms with Gasteiger partial charge in [0.2, 0.25) is 0 Å². The minimum atomic E-state index is -0.928. The van der Waals surface area contributed by atoms with Crippen LogP contribution in [0.2, 0.25) is 0 Å². The van der Waals surface area contributed by atoms with Crippen molar-refractivity contribution in [2.45, 2.75) is 32.2 Å². The highest BCUT2D eigenvalue weighted by Gasteiger charge is 2.14. The molecule has 0 saturated carbocycles. The van der Waals surface area contributed by atoms with Crippen molar-refractivity contribution in [3.63, 3.8) is 0 Å². The monoisotopic (exact) mass is 423 g/mol. The van der Waals surface area contributed by atoms with Crippen LogP contribution in [0.3, 0.4) is 0 Å². The Morgan fingerprint density at radius 1 is 0.969 bits per heavy atom. The lowest BCUT2D eigenvalue weighted by molar-refractivity contribution is 0.0696. The molecule has 0 aliphatic heterocycles. The second kappa shape index (κ2) is 8.71. The van der Waals surface area contributed by atoms with Crippen LogP contribution >= 0.6 is 0 Å². The van der Waals surface area contributed by atoms with Crippen molar-refractivity contribution in [3.8, 4) is 11.1 Å². The summed E-state index contributed by atoms with van der Waals surface area (Å²) in [6.07, 6.45) is 7.25. The molecule has 32 heavy (non-hydrogen) atoms. The lowest BCUT2D eigenvalue weighted by Gasteiger charge is -2.14. The van der Waals surface area contributed by atoms with E-state index in [-0.39, 0.29) is 0 Å². The first-order valence-electron chi connectivity index (χ1n) is 11.0. The van der Waals surface area contributed by atoms with Gasteiger partial charge in [0.15, 0.2) is 5.82 Å². The number of aromatic carboxylic acids is 1. The van der Waals surface area contributed by atoms with Gasteiger partial charge in [-0.2, -0.15) is 5.10 Å². The van der Waals surface area contributed by atoms with Gasteiger partial charge in [-0.25, -0.2) is 4.79 Å². The van der Waals surface area contributed by atoms with Crippen molar-refractivity contribution in [1.29, 1.82) is 0 Å². The first-order valence-corrected chi connectivity index (χ1v) is 11.0. The third kappa shape index (κ3) is 3.89. The lowest BCUT2D eigenvalue weighted by atomic mass is 9.92. The standard InChI is InChI=1S/C27H25N3O2/c31-27(32)23-10-5-4-9-21(23)17-28-26-25-22(11-6-12-24(25)29-30-26)20-15-13-19(14-16-20)18-7-2-1-3-8-18/h4-7,9-16H,1-3,8,17H2,(H,31,32)(H2,28,29,30). The van der Waals surface area contributed by atoms with Crippen LogP contribution in [0.25, 0.3) is 27.6 Å². The van der Waals surface area contributed by atoms with Crippen molar-refractivity contribution in [3.05, 3.63) is 89.5 Å². The third-order valence-electron chi connectivity index (χ3n) is 6.14. The molecule has 160 valence electrons. The van der Waals surface area contributed by atoms with E-state index in [1.165, 1.54) is 30.4 Å². The van der Waals surface area contributed by atoms with Crippen LogP contribution in [0.5, 0.6) is 0 Å².